The van der Waals surface area contributed by atoms with Gasteiger partial charge in [-0.25, -0.2) is 0 Å². The summed E-state index contributed by atoms with van der Waals surface area (Å²) in [6, 6.07) is 21.7. The summed E-state index contributed by atoms with van der Waals surface area (Å²) in [6.07, 6.45) is 1.78. The van der Waals surface area contributed by atoms with Gasteiger partial charge in [-0.15, -0.1) is 10.3 Å². The summed E-state index contributed by atoms with van der Waals surface area (Å²) in [6.45, 7) is 10.1. The van der Waals surface area contributed by atoms with Crippen LogP contribution in [0.5, 0.6) is 0 Å². The van der Waals surface area contributed by atoms with Crippen molar-refractivity contribution in [2.45, 2.75) is 70.7 Å². The van der Waals surface area contributed by atoms with Crippen molar-refractivity contribution < 1.29 is 5.21 Å². The van der Waals surface area contributed by atoms with Gasteiger partial charge < -0.3 is 0 Å². The molecular weight excluding hydrogens is 320 g/mol. The zero-order valence-electron chi connectivity index (χ0n) is 16.5. The van der Waals surface area contributed by atoms with Crippen LogP contribution in [0.2, 0.25) is 0 Å². The molecule has 0 aromatic heterocycles. The Bertz CT molecular complexity index is 637. The van der Waals surface area contributed by atoms with Crippen molar-refractivity contribution in [3.05, 3.63) is 71.8 Å². The highest BCUT2D eigenvalue weighted by Crippen LogP contribution is 2.39. The Morgan fingerprint density at radius 3 is 1.58 bits per heavy atom. The minimum atomic E-state index is -0.349. The van der Waals surface area contributed by atoms with E-state index in [1.54, 1.807) is 0 Å². The maximum Gasteiger partial charge on any atom is 0.0458 e. The lowest BCUT2D eigenvalue weighted by atomic mass is 9.78. The number of benzene rings is 2. The average Bonchev–Trinajstić information content (AvgIpc) is 2.60. The molecule has 2 aromatic rings. The normalized spacial score (nSPS) is 20.4. The molecule has 1 aliphatic heterocycles. The van der Waals surface area contributed by atoms with Crippen LogP contribution in [0.4, 0.5) is 0 Å². The molecule has 1 fully saturated rings. The van der Waals surface area contributed by atoms with Gasteiger partial charge in [-0.1, -0.05) is 60.7 Å². The highest BCUT2D eigenvalue weighted by molar-refractivity contribution is 5.18. The Balaban J connectivity index is 1.87. The number of piperidine rings is 1. The van der Waals surface area contributed by atoms with Crippen LogP contribution in [0.3, 0.4) is 0 Å². The molecule has 3 heteroatoms. The fraction of sp³-hybridized carbons (Fsp3) is 0.478. The Kier molecular flexibility index (Phi) is 5.52. The predicted octanol–water partition coefficient (Wildman–Crippen LogP) is 5.06. The van der Waals surface area contributed by atoms with Crippen LogP contribution >= 0.6 is 0 Å². The first-order chi connectivity index (χ1) is 12.3. The van der Waals surface area contributed by atoms with Gasteiger partial charge in [0.2, 0.25) is 0 Å². The SMILES string of the molecule is CC1(C)CC(N(Cc2ccccc2)Cc2ccccc2)CC(C)(C)N1[O]. The highest BCUT2D eigenvalue weighted by Gasteiger charge is 2.47. The summed E-state index contributed by atoms with van der Waals surface area (Å²) >= 11 is 0. The molecule has 1 aliphatic rings. The van der Waals surface area contributed by atoms with Crippen molar-refractivity contribution >= 4 is 0 Å². The maximum atomic E-state index is 12.8. The Hall–Kier alpha value is -1.68. The van der Waals surface area contributed by atoms with Crippen molar-refractivity contribution in [3.63, 3.8) is 0 Å². The number of hydroxylamine groups is 2. The van der Waals surface area contributed by atoms with Crippen molar-refractivity contribution in [1.82, 2.24) is 9.96 Å². The maximum absolute atomic E-state index is 12.8. The van der Waals surface area contributed by atoms with Gasteiger partial charge in [-0.3, -0.25) is 4.90 Å². The molecule has 1 heterocycles. The van der Waals surface area contributed by atoms with E-state index < -0.39 is 0 Å². The summed E-state index contributed by atoms with van der Waals surface area (Å²) in [4.78, 5) is 2.56. The van der Waals surface area contributed by atoms with Gasteiger partial charge in [0.15, 0.2) is 0 Å². The number of hydrogen-bond donors (Lipinski definition) is 0. The summed E-state index contributed by atoms with van der Waals surface area (Å²) in [5, 5.41) is 14.1. The topological polar surface area (TPSA) is 26.4 Å². The Morgan fingerprint density at radius 2 is 1.19 bits per heavy atom. The van der Waals surface area contributed by atoms with E-state index in [1.165, 1.54) is 16.2 Å². The third-order valence-corrected chi connectivity index (χ3v) is 5.54. The van der Waals surface area contributed by atoms with Crippen LogP contribution in [0.15, 0.2) is 60.7 Å². The molecule has 0 unspecified atom stereocenters. The fourth-order valence-corrected chi connectivity index (χ4v) is 4.42. The van der Waals surface area contributed by atoms with E-state index in [0.29, 0.717) is 6.04 Å². The molecule has 1 saturated heterocycles. The Morgan fingerprint density at radius 1 is 0.808 bits per heavy atom. The van der Waals surface area contributed by atoms with E-state index in [-0.39, 0.29) is 11.1 Å². The number of nitrogens with zero attached hydrogens (tertiary/aromatic N) is 2. The van der Waals surface area contributed by atoms with Crippen molar-refractivity contribution in [2.24, 2.45) is 0 Å². The van der Waals surface area contributed by atoms with Crippen molar-refractivity contribution in [3.8, 4) is 0 Å². The average molecular weight is 352 g/mol. The van der Waals surface area contributed by atoms with Crippen LogP contribution in [-0.4, -0.2) is 27.1 Å². The van der Waals surface area contributed by atoms with E-state index in [1.807, 2.05) is 0 Å². The molecule has 3 nitrogen and oxygen atoms in total. The molecular formula is C23H31N2O. The summed E-state index contributed by atoms with van der Waals surface area (Å²) < 4.78 is 0. The summed E-state index contributed by atoms with van der Waals surface area (Å²) in [7, 11) is 0. The third-order valence-electron chi connectivity index (χ3n) is 5.54. The molecule has 0 aliphatic carbocycles. The van der Waals surface area contributed by atoms with E-state index >= 15 is 0 Å². The molecule has 1 radical (unpaired) electrons. The zero-order valence-corrected chi connectivity index (χ0v) is 16.5. The predicted molar refractivity (Wildman–Crippen MR) is 106 cm³/mol. The first-order valence-electron chi connectivity index (χ1n) is 9.57. The standard InChI is InChI=1S/C23H31N2O/c1-22(2)15-21(16-23(3,4)25(22)26)24(17-19-11-7-5-8-12-19)18-20-13-9-6-10-14-20/h5-14,21H,15-18H2,1-4H3. The second kappa shape index (κ2) is 7.51. The molecule has 2 aromatic carbocycles. The van der Waals surface area contributed by atoms with Gasteiger partial charge in [0.1, 0.15) is 0 Å². The molecule has 0 amide bonds. The molecule has 0 atom stereocenters. The van der Waals surface area contributed by atoms with Crippen molar-refractivity contribution in [1.29, 1.82) is 0 Å². The minimum Gasteiger partial charge on any atom is -0.292 e. The van der Waals surface area contributed by atoms with Gasteiger partial charge in [-0.05, 0) is 51.7 Å². The van der Waals surface area contributed by atoms with Crippen LogP contribution in [-0.2, 0) is 18.3 Å². The molecule has 0 N–H and O–H groups in total. The van der Waals surface area contributed by atoms with Gasteiger partial charge in [0, 0.05) is 30.2 Å². The van der Waals surface area contributed by atoms with Gasteiger partial charge in [0.05, 0.1) is 0 Å². The van der Waals surface area contributed by atoms with E-state index in [4.69, 9.17) is 0 Å². The zero-order chi connectivity index (χ0) is 18.8. The van der Waals surface area contributed by atoms with Gasteiger partial charge in [0.25, 0.3) is 0 Å². The Labute approximate surface area is 158 Å². The fourth-order valence-electron chi connectivity index (χ4n) is 4.42. The smallest absolute Gasteiger partial charge is 0.0458 e. The molecule has 0 bridgehead atoms. The van der Waals surface area contributed by atoms with E-state index in [9.17, 15) is 5.21 Å². The minimum absolute atomic E-state index is 0.349. The third kappa shape index (κ3) is 4.35. The number of rotatable bonds is 5. The first-order valence-corrected chi connectivity index (χ1v) is 9.57. The van der Waals surface area contributed by atoms with Crippen molar-refractivity contribution in [2.75, 3.05) is 0 Å². The molecule has 3 rings (SSSR count). The summed E-state index contributed by atoms with van der Waals surface area (Å²) in [5.74, 6) is 0. The lowest BCUT2D eigenvalue weighted by Gasteiger charge is -2.52. The highest BCUT2D eigenvalue weighted by atomic mass is 16.5. The second-order valence-corrected chi connectivity index (χ2v) is 8.86. The van der Waals surface area contributed by atoms with Crippen LogP contribution < -0.4 is 0 Å². The monoisotopic (exact) mass is 351 g/mol. The van der Waals surface area contributed by atoms with E-state index in [2.05, 4.69) is 93.3 Å². The molecule has 26 heavy (non-hydrogen) atoms. The van der Waals surface area contributed by atoms with Gasteiger partial charge in [-0.2, -0.15) is 0 Å². The second-order valence-electron chi connectivity index (χ2n) is 8.86. The first kappa shape index (κ1) is 19.1. The largest absolute Gasteiger partial charge is 0.292 e. The van der Waals surface area contributed by atoms with Crippen LogP contribution in [0.1, 0.15) is 51.7 Å². The summed E-state index contributed by atoms with van der Waals surface area (Å²) in [5.41, 5.74) is 1.95. The van der Waals surface area contributed by atoms with Crippen LogP contribution in [0.25, 0.3) is 0 Å². The molecule has 0 spiro atoms. The quantitative estimate of drug-likeness (QED) is 0.753. The van der Waals surface area contributed by atoms with Gasteiger partial charge >= 0.3 is 0 Å². The lowest BCUT2D eigenvalue weighted by molar-refractivity contribution is -0.295. The number of hydrogen-bond acceptors (Lipinski definition) is 2. The lowest BCUT2D eigenvalue weighted by Crippen LogP contribution is -2.62. The molecule has 0 saturated carbocycles. The van der Waals surface area contributed by atoms with Crippen LogP contribution in [0, 0.1) is 0 Å². The molecule has 139 valence electrons. The van der Waals surface area contributed by atoms with E-state index in [0.717, 1.165) is 25.9 Å².